The molecule has 4 nitrogen and oxygen atoms in total. The van der Waals surface area contributed by atoms with Gasteiger partial charge in [-0.1, -0.05) is 54.1 Å². The summed E-state index contributed by atoms with van der Waals surface area (Å²) in [6.45, 7) is 3.61. The normalized spacial score (nSPS) is 12.0. The van der Waals surface area contributed by atoms with Gasteiger partial charge in [0.2, 0.25) is 0 Å². The molecule has 0 aliphatic carbocycles. The summed E-state index contributed by atoms with van der Waals surface area (Å²) in [5, 5.41) is 10.2. The molecule has 0 radical (unpaired) electrons. The minimum Gasteiger partial charge on any atom is -0.507 e. The minimum absolute atomic E-state index is 0.0762. The van der Waals surface area contributed by atoms with Crippen LogP contribution in [0.4, 0.5) is 4.39 Å². The molecule has 0 saturated heterocycles. The van der Waals surface area contributed by atoms with Gasteiger partial charge in [0.25, 0.3) is 0 Å². The highest BCUT2D eigenvalue weighted by Crippen LogP contribution is 2.30. The SMILES string of the molecule is COC(=O)C(C)c1ccc(-c2ccc(O)c(C(=O)/C=C/c3ccc(C)cc3)c2)c(F)c1. The van der Waals surface area contributed by atoms with Gasteiger partial charge >= 0.3 is 5.97 Å². The molecule has 0 aliphatic heterocycles. The molecule has 0 spiro atoms. The lowest BCUT2D eigenvalue weighted by Crippen LogP contribution is -2.11. The molecular formula is C26H23FO4. The topological polar surface area (TPSA) is 63.6 Å². The van der Waals surface area contributed by atoms with E-state index in [4.69, 9.17) is 4.74 Å². The maximum Gasteiger partial charge on any atom is 0.312 e. The fourth-order valence-electron chi connectivity index (χ4n) is 3.19. The number of methoxy groups -OCH3 is 1. The first-order chi connectivity index (χ1) is 14.8. The summed E-state index contributed by atoms with van der Waals surface area (Å²) in [4.78, 5) is 24.3. The minimum atomic E-state index is -0.600. The van der Waals surface area contributed by atoms with E-state index in [1.165, 1.54) is 37.5 Å². The fraction of sp³-hybridized carbons (Fsp3) is 0.154. The first kappa shape index (κ1) is 22.0. The number of benzene rings is 3. The average Bonchev–Trinajstić information content (AvgIpc) is 2.77. The van der Waals surface area contributed by atoms with Crippen molar-refractivity contribution < 1.29 is 23.8 Å². The van der Waals surface area contributed by atoms with Gasteiger partial charge in [0.1, 0.15) is 11.6 Å². The number of ether oxygens (including phenoxy) is 1. The number of rotatable bonds is 6. The Balaban J connectivity index is 1.89. The number of aromatic hydroxyl groups is 1. The van der Waals surface area contributed by atoms with E-state index in [2.05, 4.69) is 0 Å². The Bertz CT molecular complexity index is 1150. The fourth-order valence-corrected chi connectivity index (χ4v) is 3.19. The number of phenolic OH excluding ortho intramolecular Hbond substituents is 1. The van der Waals surface area contributed by atoms with E-state index < -0.39 is 23.5 Å². The van der Waals surface area contributed by atoms with Gasteiger partial charge < -0.3 is 9.84 Å². The van der Waals surface area contributed by atoms with Crippen LogP contribution in [0, 0.1) is 12.7 Å². The Morgan fingerprint density at radius 1 is 1.03 bits per heavy atom. The maximum atomic E-state index is 14.8. The van der Waals surface area contributed by atoms with Crippen LogP contribution < -0.4 is 0 Å². The third-order valence-corrected chi connectivity index (χ3v) is 5.13. The number of hydrogen-bond acceptors (Lipinski definition) is 4. The van der Waals surface area contributed by atoms with Crippen LogP contribution in [0.3, 0.4) is 0 Å². The highest BCUT2D eigenvalue weighted by Gasteiger charge is 2.18. The largest absolute Gasteiger partial charge is 0.507 e. The summed E-state index contributed by atoms with van der Waals surface area (Å²) < 4.78 is 19.5. The van der Waals surface area contributed by atoms with Gasteiger partial charge in [0.15, 0.2) is 5.78 Å². The summed E-state index contributed by atoms with van der Waals surface area (Å²) in [5.74, 6) is -2.16. The second-order valence-corrected chi connectivity index (χ2v) is 7.32. The van der Waals surface area contributed by atoms with E-state index in [9.17, 15) is 19.1 Å². The van der Waals surface area contributed by atoms with Crippen molar-refractivity contribution in [3.8, 4) is 16.9 Å². The molecule has 1 N–H and O–H groups in total. The molecule has 158 valence electrons. The van der Waals surface area contributed by atoms with Crippen LogP contribution in [0.15, 0.2) is 66.7 Å². The van der Waals surface area contributed by atoms with Crippen LogP contribution in [0.1, 0.15) is 39.9 Å². The molecule has 0 aromatic heterocycles. The lowest BCUT2D eigenvalue weighted by atomic mass is 9.95. The maximum absolute atomic E-state index is 14.8. The smallest absolute Gasteiger partial charge is 0.312 e. The second-order valence-electron chi connectivity index (χ2n) is 7.32. The Morgan fingerprint density at radius 3 is 2.39 bits per heavy atom. The third kappa shape index (κ3) is 5.07. The summed E-state index contributed by atoms with van der Waals surface area (Å²) in [5.41, 5.74) is 3.24. The molecule has 0 heterocycles. The zero-order valence-corrected chi connectivity index (χ0v) is 17.6. The molecule has 0 saturated carbocycles. The lowest BCUT2D eigenvalue weighted by Gasteiger charge is -2.12. The van der Waals surface area contributed by atoms with E-state index >= 15 is 0 Å². The monoisotopic (exact) mass is 418 g/mol. The van der Waals surface area contributed by atoms with Crippen LogP contribution in [-0.2, 0) is 9.53 Å². The van der Waals surface area contributed by atoms with Gasteiger partial charge in [-0.05, 0) is 54.8 Å². The average molecular weight is 418 g/mol. The number of allylic oxidation sites excluding steroid dienone is 1. The summed E-state index contributed by atoms with van der Waals surface area (Å²) in [6.07, 6.45) is 3.04. The second kappa shape index (κ2) is 9.39. The molecule has 1 atom stereocenters. The van der Waals surface area contributed by atoms with Gasteiger partial charge in [-0.15, -0.1) is 0 Å². The zero-order valence-electron chi connectivity index (χ0n) is 17.6. The van der Waals surface area contributed by atoms with Crippen LogP contribution >= 0.6 is 0 Å². The van der Waals surface area contributed by atoms with Crippen molar-refractivity contribution in [1.29, 1.82) is 0 Å². The van der Waals surface area contributed by atoms with Gasteiger partial charge in [-0.25, -0.2) is 4.39 Å². The summed E-state index contributed by atoms with van der Waals surface area (Å²) >= 11 is 0. The molecule has 3 aromatic carbocycles. The molecule has 0 fully saturated rings. The Hall–Kier alpha value is -3.73. The van der Waals surface area contributed by atoms with Crippen molar-refractivity contribution in [1.82, 2.24) is 0 Å². The van der Waals surface area contributed by atoms with Crippen molar-refractivity contribution in [2.24, 2.45) is 0 Å². The van der Waals surface area contributed by atoms with Gasteiger partial charge in [0, 0.05) is 5.56 Å². The van der Waals surface area contributed by atoms with E-state index in [0.717, 1.165) is 11.1 Å². The van der Waals surface area contributed by atoms with Crippen molar-refractivity contribution in [3.63, 3.8) is 0 Å². The molecule has 1 unspecified atom stereocenters. The highest BCUT2D eigenvalue weighted by atomic mass is 19.1. The number of halogens is 1. The van der Waals surface area contributed by atoms with E-state index in [1.54, 1.807) is 25.1 Å². The van der Waals surface area contributed by atoms with E-state index in [1.807, 2.05) is 31.2 Å². The van der Waals surface area contributed by atoms with Gasteiger partial charge in [-0.2, -0.15) is 0 Å². The number of hydrogen-bond donors (Lipinski definition) is 1. The highest BCUT2D eigenvalue weighted by molar-refractivity contribution is 6.09. The summed E-state index contributed by atoms with van der Waals surface area (Å²) in [6, 6.07) is 16.5. The molecule has 31 heavy (non-hydrogen) atoms. The van der Waals surface area contributed by atoms with Crippen LogP contribution in [0.2, 0.25) is 0 Å². The summed E-state index contributed by atoms with van der Waals surface area (Å²) in [7, 11) is 1.28. The first-order valence-corrected chi connectivity index (χ1v) is 9.80. The lowest BCUT2D eigenvalue weighted by molar-refractivity contribution is -0.142. The molecule has 5 heteroatoms. The Labute approximate surface area is 180 Å². The number of ketones is 1. The third-order valence-electron chi connectivity index (χ3n) is 5.13. The molecule has 0 bridgehead atoms. The van der Waals surface area contributed by atoms with Crippen molar-refractivity contribution in [2.45, 2.75) is 19.8 Å². The van der Waals surface area contributed by atoms with Gasteiger partial charge in [0.05, 0.1) is 18.6 Å². The van der Waals surface area contributed by atoms with Crippen molar-refractivity contribution in [2.75, 3.05) is 7.11 Å². The first-order valence-electron chi connectivity index (χ1n) is 9.80. The van der Waals surface area contributed by atoms with Crippen LogP contribution in [0.25, 0.3) is 17.2 Å². The Kier molecular flexibility index (Phi) is 6.65. The quantitative estimate of drug-likeness (QED) is 0.318. The molecule has 3 aromatic rings. The number of aryl methyl sites for hydroxylation is 1. The van der Waals surface area contributed by atoms with Crippen LogP contribution in [0.5, 0.6) is 5.75 Å². The zero-order chi connectivity index (χ0) is 22.5. The van der Waals surface area contributed by atoms with Gasteiger partial charge in [-0.3, -0.25) is 9.59 Å². The molecule has 0 aliphatic rings. The van der Waals surface area contributed by atoms with E-state index in [-0.39, 0.29) is 16.9 Å². The van der Waals surface area contributed by atoms with Crippen molar-refractivity contribution in [3.05, 3.63) is 94.8 Å². The number of carbonyl (C=O) groups excluding carboxylic acids is 2. The molecular weight excluding hydrogens is 395 g/mol. The van der Waals surface area contributed by atoms with E-state index in [0.29, 0.717) is 11.1 Å². The Morgan fingerprint density at radius 2 is 1.74 bits per heavy atom. The molecule has 3 rings (SSSR count). The molecule has 0 amide bonds. The number of phenols is 1. The number of carbonyl (C=O) groups is 2. The predicted molar refractivity (Wildman–Crippen MR) is 118 cm³/mol. The van der Waals surface area contributed by atoms with Crippen LogP contribution in [-0.4, -0.2) is 24.0 Å². The predicted octanol–water partition coefficient (Wildman–Crippen LogP) is 5.68. The standard InChI is InChI=1S/C26H23FO4/c1-16-4-6-18(7-5-16)8-12-24(28)22-14-20(10-13-25(22)29)21-11-9-19(15-23(21)27)17(2)26(30)31-3/h4-15,17,29H,1-3H3/b12-8+. The number of esters is 1. The van der Waals surface area contributed by atoms with Crippen molar-refractivity contribution >= 4 is 17.8 Å².